The number of carbonyl (C=O) groups is 1. The molecule has 30 heavy (non-hydrogen) atoms. The minimum Gasteiger partial charge on any atom is -0.408 e. The third-order valence-electron chi connectivity index (χ3n) is 5.35. The molecular weight excluding hydrogens is 420 g/mol. The first-order valence-electron chi connectivity index (χ1n) is 9.68. The molecule has 1 aliphatic heterocycles. The summed E-state index contributed by atoms with van der Waals surface area (Å²) in [6.45, 7) is 2.66. The van der Waals surface area contributed by atoms with E-state index in [0.29, 0.717) is 24.2 Å². The molecule has 7 nitrogen and oxygen atoms in total. The van der Waals surface area contributed by atoms with E-state index in [2.05, 4.69) is 29.4 Å². The zero-order chi connectivity index (χ0) is 20.7. The lowest BCUT2D eigenvalue weighted by molar-refractivity contribution is -0.132. The molecule has 0 spiro atoms. The maximum Gasteiger partial charge on any atom is 0.420 e. The van der Waals surface area contributed by atoms with Crippen LogP contribution in [0.25, 0.3) is 21.3 Å². The number of aromatic nitrogens is 2. The predicted molar refractivity (Wildman–Crippen MR) is 121 cm³/mol. The summed E-state index contributed by atoms with van der Waals surface area (Å²) in [6.07, 6.45) is 2.07. The van der Waals surface area contributed by atoms with Gasteiger partial charge >= 0.3 is 5.76 Å². The Balaban J connectivity index is 1.27. The van der Waals surface area contributed by atoms with Crippen molar-refractivity contribution in [2.45, 2.75) is 11.4 Å². The van der Waals surface area contributed by atoms with Crippen LogP contribution in [0.5, 0.6) is 0 Å². The topological polar surface area (TPSA) is 71.6 Å². The summed E-state index contributed by atoms with van der Waals surface area (Å²) < 4.78 is 7.81. The number of anilines is 1. The van der Waals surface area contributed by atoms with Crippen molar-refractivity contribution in [3.05, 3.63) is 53.0 Å². The molecule has 3 heterocycles. The van der Waals surface area contributed by atoms with Gasteiger partial charge in [-0.25, -0.2) is 9.78 Å². The van der Waals surface area contributed by atoms with E-state index in [1.807, 2.05) is 11.0 Å². The van der Waals surface area contributed by atoms with Crippen LogP contribution >= 0.6 is 23.1 Å². The van der Waals surface area contributed by atoms with E-state index in [1.165, 1.54) is 14.2 Å². The van der Waals surface area contributed by atoms with Gasteiger partial charge in [0.2, 0.25) is 5.91 Å². The molecule has 0 N–H and O–H groups in total. The Bertz CT molecular complexity index is 1280. The van der Waals surface area contributed by atoms with Crippen molar-refractivity contribution in [2.75, 3.05) is 37.3 Å². The molecule has 0 bridgehead atoms. The number of nitrogens with zero attached hydrogens (tertiary/aromatic N) is 4. The normalized spacial score (nSPS) is 14.7. The van der Waals surface area contributed by atoms with Crippen LogP contribution in [0, 0.1) is 0 Å². The van der Waals surface area contributed by atoms with Gasteiger partial charge in [-0.2, -0.15) is 0 Å². The van der Waals surface area contributed by atoms with Gasteiger partial charge in [-0.3, -0.25) is 9.36 Å². The Hall–Kier alpha value is -2.78. The Morgan fingerprint density at radius 1 is 1.17 bits per heavy atom. The summed E-state index contributed by atoms with van der Waals surface area (Å²) in [7, 11) is 0. The van der Waals surface area contributed by atoms with Crippen LogP contribution in [0.1, 0.15) is 0 Å². The van der Waals surface area contributed by atoms with E-state index >= 15 is 0 Å². The highest BCUT2D eigenvalue weighted by molar-refractivity contribution is 7.98. The molecule has 5 rings (SSSR count). The van der Waals surface area contributed by atoms with Crippen LogP contribution in [0.3, 0.4) is 0 Å². The first kappa shape index (κ1) is 19.2. The minimum atomic E-state index is -0.498. The van der Waals surface area contributed by atoms with Gasteiger partial charge in [-0.05, 0) is 36.6 Å². The molecule has 1 aliphatic rings. The number of amides is 1. The van der Waals surface area contributed by atoms with Crippen molar-refractivity contribution >= 4 is 55.5 Å². The maximum absolute atomic E-state index is 12.8. The Kier molecular flexibility index (Phi) is 5.00. The molecule has 0 radical (unpaired) electrons. The molecule has 0 atom stereocenters. The Morgan fingerprint density at radius 3 is 2.77 bits per heavy atom. The number of piperazine rings is 1. The summed E-state index contributed by atoms with van der Waals surface area (Å²) in [6, 6.07) is 13.5. The van der Waals surface area contributed by atoms with Crippen LogP contribution in [0.4, 0.5) is 5.13 Å². The summed E-state index contributed by atoms with van der Waals surface area (Å²) >= 11 is 3.42. The molecule has 1 amide bonds. The highest BCUT2D eigenvalue weighted by Gasteiger charge is 2.24. The summed E-state index contributed by atoms with van der Waals surface area (Å²) in [4.78, 5) is 35.0. The van der Waals surface area contributed by atoms with Gasteiger partial charge in [-0.15, -0.1) is 11.8 Å². The zero-order valence-electron chi connectivity index (χ0n) is 16.4. The second-order valence-electron chi connectivity index (χ2n) is 7.12. The van der Waals surface area contributed by atoms with Gasteiger partial charge in [-0.1, -0.05) is 23.5 Å². The van der Waals surface area contributed by atoms with Crippen LogP contribution in [0.2, 0.25) is 0 Å². The molecule has 2 aromatic carbocycles. The van der Waals surface area contributed by atoms with Crippen molar-refractivity contribution in [1.82, 2.24) is 14.5 Å². The fourth-order valence-electron chi connectivity index (χ4n) is 3.70. The van der Waals surface area contributed by atoms with Gasteiger partial charge < -0.3 is 14.2 Å². The number of rotatable bonds is 4. The molecule has 154 valence electrons. The number of para-hydroxylation sites is 2. The van der Waals surface area contributed by atoms with Gasteiger partial charge in [0.05, 0.1) is 15.7 Å². The maximum atomic E-state index is 12.8. The van der Waals surface area contributed by atoms with E-state index in [9.17, 15) is 9.59 Å². The van der Waals surface area contributed by atoms with Crippen LogP contribution in [-0.4, -0.2) is 52.8 Å². The lowest BCUT2D eigenvalue weighted by Gasteiger charge is -2.34. The Labute approximate surface area is 180 Å². The number of thiazole rings is 1. The second-order valence-corrected chi connectivity index (χ2v) is 9.01. The monoisotopic (exact) mass is 440 g/mol. The number of carbonyl (C=O) groups excluding carboxylic acids is 1. The first-order chi connectivity index (χ1) is 14.6. The van der Waals surface area contributed by atoms with Crippen LogP contribution < -0.4 is 10.7 Å². The minimum absolute atomic E-state index is 0.00551. The molecule has 9 heteroatoms. The van der Waals surface area contributed by atoms with Crippen molar-refractivity contribution < 1.29 is 9.21 Å². The Morgan fingerprint density at radius 2 is 1.97 bits per heavy atom. The number of thioether (sulfide) groups is 1. The van der Waals surface area contributed by atoms with E-state index in [-0.39, 0.29) is 12.5 Å². The lowest BCUT2D eigenvalue weighted by Crippen LogP contribution is -2.50. The summed E-state index contributed by atoms with van der Waals surface area (Å²) in [5.41, 5.74) is 2.16. The van der Waals surface area contributed by atoms with Crippen LogP contribution in [0.15, 0.2) is 56.6 Å². The molecule has 0 saturated carbocycles. The number of benzene rings is 2. The summed E-state index contributed by atoms with van der Waals surface area (Å²) in [5, 5.41) is 0.993. The van der Waals surface area contributed by atoms with Crippen LogP contribution in [-0.2, 0) is 11.3 Å². The SMILES string of the molecule is CSc1ccc2nc(N3CCN(C(=O)Cn4c(=O)oc5ccccc54)CC3)sc2c1. The fraction of sp³-hybridized carbons (Fsp3) is 0.286. The fourth-order valence-corrected chi connectivity index (χ4v) is 5.27. The number of hydrogen-bond donors (Lipinski definition) is 0. The van der Waals surface area contributed by atoms with Gasteiger partial charge in [0.1, 0.15) is 6.54 Å². The largest absolute Gasteiger partial charge is 0.420 e. The highest BCUT2D eigenvalue weighted by atomic mass is 32.2. The van der Waals surface area contributed by atoms with Gasteiger partial charge in [0.15, 0.2) is 10.7 Å². The second kappa shape index (κ2) is 7.81. The van der Waals surface area contributed by atoms with Crippen molar-refractivity contribution in [2.24, 2.45) is 0 Å². The van der Waals surface area contributed by atoms with Gasteiger partial charge in [0.25, 0.3) is 0 Å². The van der Waals surface area contributed by atoms with E-state index in [4.69, 9.17) is 9.40 Å². The average molecular weight is 441 g/mol. The van der Waals surface area contributed by atoms with E-state index in [1.54, 1.807) is 41.3 Å². The molecule has 1 saturated heterocycles. The molecule has 0 unspecified atom stereocenters. The average Bonchev–Trinajstić information content (AvgIpc) is 3.34. The quantitative estimate of drug-likeness (QED) is 0.454. The molecule has 0 aliphatic carbocycles. The van der Waals surface area contributed by atoms with Crippen molar-refractivity contribution in [1.29, 1.82) is 0 Å². The van der Waals surface area contributed by atoms with Crippen molar-refractivity contribution in [3.63, 3.8) is 0 Å². The molecule has 2 aromatic heterocycles. The number of oxazole rings is 1. The molecule has 1 fully saturated rings. The van der Waals surface area contributed by atoms with E-state index in [0.717, 1.165) is 23.7 Å². The van der Waals surface area contributed by atoms with Crippen molar-refractivity contribution in [3.8, 4) is 0 Å². The van der Waals surface area contributed by atoms with E-state index < -0.39 is 5.76 Å². The van der Waals surface area contributed by atoms with Gasteiger partial charge in [0, 0.05) is 31.1 Å². The smallest absolute Gasteiger partial charge is 0.408 e. The lowest BCUT2D eigenvalue weighted by atomic mass is 10.3. The first-order valence-corrected chi connectivity index (χ1v) is 11.7. The highest BCUT2D eigenvalue weighted by Crippen LogP contribution is 2.32. The predicted octanol–water partition coefficient (Wildman–Crippen LogP) is 3.27. The third-order valence-corrected chi connectivity index (χ3v) is 7.16. The molecule has 4 aromatic rings. The molecular formula is C21H20N4O3S2. The number of fused-ring (bicyclic) bond motifs is 2. The zero-order valence-corrected chi connectivity index (χ0v) is 18.0. The third kappa shape index (κ3) is 3.48. The standard InChI is InChI=1S/C21H20N4O3S2/c1-29-14-6-7-15-18(12-14)30-20(22-15)24-10-8-23(9-11-24)19(26)13-25-16-4-2-3-5-17(16)28-21(25)27/h2-7,12H,8-11,13H2,1H3. The summed E-state index contributed by atoms with van der Waals surface area (Å²) in [5.74, 6) is -0.570. The number of hydrogen-bond acceptors (Lipinski definition) is 7.